The van der Waals surface area contributed by atoms with Crippen LogP contribution in [-0.4, -0.2) is 22.7 Å². The Balaban J connectivity index is 1.80. The third-order valence-electron chi connectivity index (χ3n) is 4.07. The van der Waals surface area contributed by atoms with Gasteiger partial charge in [-0.05, 0) is 25.0 Å². The lowest BCUT2D eigenvalue weighted by Crippen LogP contribution is -2.62. The third-order valence-corrected chi connectivity index (χ3v) is 4.07. The molecule has 2 aliphatic heterocycles. The number of para-hydroxylation sites is 1. The van der Waals surface area contributed by atoms with Crippen LogP contribution in [0.15, 0.2) is 24.3 Å². The lowest BCUT2D eigenvalue weighted by molar-refractivity contribution is -0.158. The number of fused-ring (bicyclic) bond motifs is 2. The highest BCUT2D eigenvalue weighted by Crippen LogP contribution is 2.52. The number of rotatable bonds is 3. The average molecular weight is 259 g/mol. The van der Waals surface area contributed by atoms with Crippen LogP contribution in [0.3, 0.4) is 0 Å². The summed E-state index contributed by atoms with van der Waals surface area (Å²) in [7, 11) is 0. The highest BCUT2D eigenvalue weighted by Gasteiger charge is 2.58. The first kappa shape index (κ1) is 11.9. The number of phenols is 1. The van der Waals surface area contributed by atoms with Gasteiger partial charge in [0, 0.05) is 12.3 Å². The van der Waals surface area contributed by atoms with Gasteiger partial charge < -0.3 is 5.11 Å². The Kier molecular flexibility index (Phi) is 2.45. The molecule has 0 aromatic heterocycles. The summed E-state index contributed by atoms with van der Waals surface area (Å²) in [4.78, 5) is 35.4. The first-order valence-corrected chi connectivity index (χ1v) is 6.18. The van der Waals surface area contributed by atoms with E-state index >= 15 is 0 Å². The molecule has 0 unspecified atom stereocenters. The van der Waals surface area contributed by atoms with Gasteiger partial charge in [0.15, 0.2) is 5.78 Å². The molecule has 4 rings (SSSR count). The van der Waals surface area contributed by atoms with Crippen LogP contribution in [0.1, 0.15) is 29.6 Å². The highest BCUT2D eigenvalue weighted by atomic mass is 16.3. The maximum atomic E-state index is 12.2. The van der Waals surface area contributed by atoms with E-state index in [2.05, 4.69) is 5.32 Å². The monoisotopic (exact) mass is 259 g/mol. The summed E-state index contributed by atoms with van der Waals surface area (Å²) in [5, 5.41) is 11.9. The molecule has 2 amide bonds. The van der Waals surface area contributed by atoms with Gasteiger partial charge in [-0.2, -0.15) is 0 Å². The van der Waals surface area contributed by atoms with Crippen molar-refractivity contribution in [3.63, 3.8) is 0 Å². The van der Waals surface area contributed by atoms with Crippen molar-refractivity contribution in [1.82, 2.24) is 5.32 Å². The fourth-order valence-corrected chi connectivity index (χ4v) is 2.94. The van der Waals surface area contributed by atoms with Gasteiger partial charge in [-0.25, -0.2) is 0 Å². The number of aromatic hydroxyl groups is 1. The molecule has 1 aromatic carbocycles. The van der Waals surface area contributed by atoms with Crippen molar-refractivity contribution in [2.45, 2.75) is 19.3 Å². The van der Waals surface area contributed by atoms with Gasteiger partial charge in [0.25, 0.3) is 0 Å². The summed E-state index contributed by atoms with van der Waals surface area (Å²) in [5.41, 5.74) is -0.525. The number of hydrogen-bond acceptors (Lipinski definition) is 4. The molecule has 2 bridgehead atoms. The summed E-state index contributed by atoms with van der Waals surface area (Å²) >= 11 is 0. The van der Waals surface area contributed by atoms with E-state index in [-0.39, 0.29) is 41.2 Å². The Morgan fingerprint density at radius 2 is 2.00 bits per heavy atom. The van der Waals surface area contributed by atoms with Crippen LogP contribution in [0, 0.1) is 11.3 Å². The standard InChI is InChI=1S/C14H13NO4/c16-10-4-2-1-3-9(10)11(17)7-14-5-8(6-14)12(18)15-13(14)19/h1-4,8,16H,5-7H2,(H,15,18,19). The zero-order valence-corrected chi connectivity index (χ0v) is 10.2. The van der Waals surface area contributed by atoms with Gasteiger partial charge in [0.2, 0.25) is 11.8 Å². The molecule has 1 aromatic rings. The van der Waals surface area contributed by atoms with E-state index in [1.807, 2.05) is 0 Å². The zero-order chi connectivity index (χ0) is 13.6. The molecule has 1 aliphatic carbocycles. The molecule has 0 spiro atoms. The van der Waals surface area contributed by atoms with Crippen molar-refractivity contribution < 1.29 is 19.5 Å². The second-order valence-electron chi connectivity index (χ2n) is 5.32. The number of amides is 2. The molecule has 98 valence electrons. The summed E-state index contributed by atoms with van der Waals surface area (Å²) in [6, 6.07) is 6.28. The van der Waals surface area contributed by atoms with E-state index in [9.17, 15) is 19.5 Å². The Bertz CT molecular complexity index is 587. The number of Topliss-reactive ketones (excluding diaryl/α,β-unsaturated/α-hetero) is 1. The number of phenolic OH excluding ortho intramolecular Hbond substituents is 1. The van der Waals surface area contributed by atoms with Gasteiger partial charge in [0.05, 0.1) is 11.0 Å². The molecular weight excluding hydrogens is 246 g/mol. The Morgan fingerprint density at radius 1 is 1.32 bits per heavy atom. The number of benzene rings is 1. The molecule has 5 nitrogen and oxygen atoms in total. The van der Waals surface area contributed by atoms with Crippen molar-refractivity contribution in [1.29, 1.82) is 0 Å². The molecule has 0 atom stereocenters. The van der Waals surface area contributed by atoms with Crippen LogP contribution in [-0.2, 0) is 9.59 Å². The summed E-state index contributed by atoms with van der Waals surface area (Å²) in [6.45, 7) is 0. The Labute approximate surface area is 109 Å². The fraction of sp³-hybridized carbons (Fsp3) is 0.357. The number of nitrogens with one attached hydrogen (secondary N) is 1. The number of hydrogen-bond donors (Lipinski definition) is 2. The Morgan fingerprint density at radius 3 is 2.63 bits per heavy atom. The van der Waals surface area contributed by atoms with Crippen molar-refractivity contribution >= 4 is 17.6 Å². The van der Waals surface area contributed by atoms with Gasteiger partial charge in [-0.15, -0.1) is 0 Å². The van der Waals surface area contributed by atoms with E-state index in [1.54, 1.807) is 12.1 Å². The van der Waals surface area contributed by atoms with E-state index in [0.717, 1.165) is 0 Å². The number of carbonyl (C=O) groups is 3. The first-order valence-electron chi connectivity index (χ1n) is 6.18. The summed E-state index contributed by atoms with van der Waals surface area (Å²) < 4.78 is 0. The molecular formula is C14H13NO4. The molecule has 3 fully saturated rings. The highest BCUT2D eigenvalue weighted by molar-refractivity contribution is 6.08. The predicted molar refractivity (Wildman–Crippen MR) is 65.4 cm³/mol. The zero-order valence-electron chi connectivity index (χ0n) is 10.2. The minimum absolute atomic E-state index is 0.0419. The number of carbonyl (C=O) groups excluding carboxylic acids is 3. The number of ketones is 1. The lowest BCUT2D eigenvalue weighted by Gasteiger charge is -2.49. The maximum absolute atomic E-state index is 12.2. The summed E-state index contributed by atoms with van der Waals surface area (Å²) in [5.74, 6) is -1.08. The van der Waals surface area contributed by atoms with Crippen LogP contribution < -0.4 is 5.32 Å². The largest absolute Gasteiger partial charge is 0.507 e. The van der Waals surface area contributed by atoms with Gasteiger partial charge in [-0.1, -0.05) is 12.1 Å². The third kappa shape index (κ3) is 1.73. The van der Waals surface area contributed by atoms with E-state index in [1.165, 1.54) is 12.1 Å². The average Bonchev–Trinajstić information content (AvgIpc) is 2.31. The molecule has 0 radical (unpaired) electrons. The predicted octanol–water partition coefficient (Wildman–Crippen LogP) is 1.02. The molecule has 2 saturated heterocycles. The molecule has 3 aliphatic rings. The van der Waals surface area contributed by atoms with E-state index in [4.69, 9.17) is 0 Å². The molecule has 5 heteroatoms. The topological polar surface area (TPSA) is 83.5 Å². The summed E-state index contributed by atoms with van der Waals surface area (Å²) in [6.07, 6.45) is 0.925. The SMILES string of the molecule is O=C(CC12CC(C1)C(=O)NC2=O)c1ccccc1O. The molecule has 2 N–H and O–H groups in total. The minimum atomic E-state index is -0.752. The van der Waals surface area contributed by atoms with Crippen molar-refractivity contribution in [2.24, 2.45) is 11.3 Å². The number of imide groups is 1. The lowest BCUT2D eigenvalue weighted by atomic mass is 9.56. The normalized spacial score (nSPS) is 28.5. The van der Waals surface area contributed by atoms with Crippen molar-refractivity contribution in [3.05, 3.63) is 29.8 Å². The quantitative estimate of drug-likeness (QED) is 0.627. The van der Waals surface area contributed by atoms with Crippen LogP contribution >= 0.6 is 0 Å². The van der Waals surface area contributed by atoms with Gasteiger partial charge in [0.1, 0.15) is 5.75 Å². The van der Waals surface area contributed by atoms with Crippen LogP contribution in [0.2, 0.25) is 0 Å². The van der Waals surface area contributed by atoms with E-state index < -0.39 is 5.41 Å². The van der Waals surface area contributed by atoms with Crippen LogP contribution in [0.4, 0.5) is 0 Å². The molecule has 1 saturated carbocycles. The van der Waals surface area contributed by atoms with Crippen molar-refractivity contribution in [3.8, 4) is 5.75 Å². The van der Waals surface area contributed by atoms with E-state index in [0.29, 0.717) is 12.8 Å². The number of piperidine rings is 2. The van der Waals surface area contributed by atoms with Crippen LogP contribution in [0.5, 0.6) is 5.75 Å². The fourth-order valence-electron chi connectivity index (χ4n) is 2.94. The Hall–Kier alpha value is -2.17. The maximum Gasteiger partial charge on any atom is 0.233 e. The van der Waals surface area contributed by atoms with Gasteiger partial charge in [-0.3, -0.25) is 19.7 Å². The molecule has 2 heterocycles. The molecule has 19 heavy (non-hydrogen) atoms. The van der Waals surface area contributed by atoms with Gasteiger partial charge >= 0.3 is 0 Å². The minimum Gasteiger partial charge on any atom is -0.507 e. The second-order valence-corrected chi connectivity index (χ2v) is 5.32. The van der Waals surface area contributed by atoms with Crippen molar-refractivity contribution in [2.75, 3.05) is 0 Å². The first-order chi connectivity index (χ1) is 9.02. The second kappa shape index (κ2) is 3.91. The van der Waals surface area contributed by atoms with Crippen LogP contribution in [0.25, 0.3) is 0 Å². The smallest absolute Gasteiger partial charge is 0.233 e.